The van der Waals surface area contributed by atoms with Gasteiger partial charge in [0.25, 0.3) is 0 Å². The number of nitrogens with one attached hydrogen (secondary N) is 1. The van der Waals surface area contributed by atoms with Gasteiger partial charge < -0.3 is 10.7 Å². The Balaban J connectivity index is 3.34. The number of rotatable bonds is 0. The molecule has 1 aromatic rings. The maximum Gasteiger partial charge on any atom is 0.126 e. The Labute approximate surface area is 62.7 Å². The molecule has 0 unspecified atom stereocenters. The van der Waals surface area contributed by atoms with Gasteiger partial charge in [-0.2, -0.15) is 0 Å². The average molecular weight is 161 g/mol. The summed E-state index contributed by atoms with van der Waals surface area (Å²) in [6.45, 7) is 0. The molecule has 0 saturated carbocycles. The van der Waals surface area contributed by atoms with Gasteiger partial charge in [0, 0.05) is 6.20 Å². The van der Waals surface area contributed by atoms with Crippen molar-refractivity contribution in [3.05, 3.63) is 21.9 Å². The van der Waals surface area contributed by atoms with E-state index in [9.17, 15) is 0 Å². The van der Waals surface area contributed by atoms with E-state index in [2.05, 4.69) is 4.98 Å². The van der Waals surface area contributed by atoms with Crippen LogP contribution in [0.5, 0.6) is 0 Å². The van der Waals surface area contributed by atoms with Crippen LogP contribution < -0.4 is 5.73 Å². The SMILES string of the molecule is Nc1cc(Cl)c[nH]c1=S. The molecule has 0 spiro atoms. The summed E-state index contributed by atoms with van der Waals surface area (Å²) < 4.78 is 0.527. The smallest absolute Gasteiger partial charge is 0.126 e. The average Bonchev–Trinajstić information content (AvgIpc) is 1.80. The largest absolute Gasteiger partial charge is 0.396 e. The lowest BCUT2D eigenvalue weighted by molar-refractivity contribution is 1.30. The van der Waals surface area contributed by atoms with Crippen molar-refractivity contribution < 1.29 is 0 Å². The number of aromatic nitrogens is 1. The van der Waals surface area contributed by atoms with Crippen molar-refractivity contribution in [2.45, 2.75) is 0 Å². The number of aromatic amines is 1. The van der Waals surface area contributed by atoms with E-state index < -0.39 is 0 Å². The topological polar surface area (TPSA) is 41.8 Å². The minimum absolute atomic E-state index is 0.512. The third-order valence-corrected chi connectivity index (χ3v) is 1.47. The van der Waals surface area contributed by atoms with Crippen molar-refractivity contribution in [2.75, 3.05) is 5.73 Å². The van der Waals surface area contributed by atoms with Gasteiger partial charge in [-0.15, -0.1) is 0 Å². The van der Waals surface area contributed by atoms with Gasteiger partial charge in [-0.1, -0.05) is 23.8 Å². The van der Waals surface area contributed by atoms with Crippen LogP contribution in [0.1, 0.15) is 0 Å². The van der Waals surface area contributed by atoms with Gasteiger partial charge in [0.15, 0.2) is 0 Å². The zero-order valence-electron chi connectivity index (χ0n) is 4.52. The minimum atomic E-state index is 0.512. The molecule has 0 bridgehead atoms. The van der Waals surface area contributed by atoms with Crippen molar-refractivity contribution >= 4 is 29.5 Å². The van der Waals surface area contributed by atoms with Crippen LogP contribution in [0, 0.1) is 4.64 Å². The van der Waals surface area contributed by atoms with Crippen LogP contribution in [0.3, 0.4) is 0 Å². The molecule has 0 amide bonds. The first kappa shape index (κ1) is 6.58. The van der Waals surface area contributed by atoms with E-state index in [-0.39, 0.29) is 0 Å². The Morgan fingerprint density at radius 1 is 1.67 bits per heavy atom. The van der Waals surface area contributed by atoms with Gasteiger partial charge in [-0.25, -0.2) is 0 Å². The number of hydrogen-bond donors (Lipinski definition) is 2. The molecule has 9 heavy (non-hydrogen) atoms. The van der Waals surface area contributed by atoms with E-state index in [4.69, 9.17) is 29.6 Å². The summed E-state index contributed by atoms with van der Waals surface area (Å²) in [7, 11) is 0. The molecule has 0 atom stereocenters. The summed E-state index contributed by atoms with van der Waals surface area (Å²) in [5.41, 5.74) is 5.91. The lowest BCUT2D eigenvalue weighted by Gasteiger charge is -1.91. The maximum absolute atomic E-state index is 5.56. The van der Waals surface area contributed by atoms with E-state index >= 15 is 0 Å². The van der Waals surface area contributed by atoms with Crippen molar-refractivity contribution in [1.29, 1.82) is 0 Å². The van der Waals surface area contributed by atoms with Gasteiger partial charge in [-0.05, 0) is 6.07 Å². The van der Waals surface area contributed by atoms with Gasteiger partial charge in [0.2, 0.25) is 0 Å². The third kappa shape index (κ3) is 1.43. The molecule has 1 aromatic heterocycles. The highest BCUT2D eigenvalue weighted by atomic mass is 35.5. The van der Waals surface area contributed by atoms with Crippen LogP contribution in [0.4, 0.5) is 5.69 Å². The molecule has 0 radical (unpaired) electrons. The molecule has 2 nitrogen and oxygen atoms in total. The van der Waals surface area contributed by atoms with Crippen molar-refractivity contribution in [3.63, 3.8) is 0 Å². The van der Waals surface area contributed by atoms with E-state index in [0.29, 0.717) is 15.4 Å². The van der Waals surface area contributed by atoms with Crippen LogP contribution in [0.15, 0.2) is 12.3 Å². The van der Waals surface area contributed by atoms with Gasteiger partial charge in [0.05, 0.1) is 10.7 Å². The predicted octanol–water partition coefficient (Wildman–Crippen LogP) is 1.98. The molecule has 1 rings (SSSR count). The molecular weight excluding hydrogens is 156 g/mol. The number of halogens is 1. The maximum atomic E-state index is 5.56. The lowest BCUT2D eigenvalue weighted by Crippen LogP contribution is -1.86. The molecule has 0 aliphatic heterocycles. The molecule has 0 aromatic carbocycles. The molecule has 1 heterocycles. The zero-order chi connectivity index (χ0) is 6.85. The molecule has 0 aliphatic rings. The fourth-order valence-electron chi connectivity index (χ4n) is 0.474. The van der Waals surface area contributed by atoms with Crippen molar-refractivity contribution in [3.8, 4) is 0 Å². The summed E-state index contributed by atoms with van der Waals surface area (Å²) in [5.74, 6) is 0. The lowest BCUT2D eigenvalue weighted by atomic mass is 10.4. The second kappa shape index (κ2) is 2.37. The highest BCUT2D eigenvalue weighted by Gasteiger charge is 1.88. The van der Waals surface area contributed by atoms with Gasteiger partial charge in [-0.3, -0.25) is 0 Å². The van der Waals surface area contributed by atoms with Crippen molar-refractivity contribution in [2.24, 2.45) is 0 Å². The van der Waals surface area contributed by atoms with Gasteiger partial charge >= 0.3 is 0 Å². The van der Waals surface area contributed by atoms with Crippen LogP contribution >= 0.6 is 23.8 Å². The Bertz CT molecular complexity index is 268. The summed E-state index contributed by atoms with van der Waals surface area (Å²) in [4.78, 5) is 2.73. The van der Waals surface area contributed by atoms with Crippen molar-refractivity contribution in [1.82, 2.24) is 4.98 Å². The Hall–Kier alpha value is -0.540. The third-order valence-electron chi connectivity index (χ3n) is 0.897. The van der Waals surface area contributed by atoms with E-state index in [1.165, 1.54) is 0 Å². The molecular formula is C5H5ClN2S. The monoisotopic (exact) mass is 160 g/mol. The second-order valence-corrected chi connectivity index (χ2v) is 2.45. The van der Waals surface area contributed by atoms with E-state index in [1.54, 1.807) is 12.3 Å². The first-order valence-electron chi connectivity index (χ1n) is 2.34. The quantitative estimate of drug-likeness (QED) is 0.570. The Morgan fingerprint density at radius 3 is 2.78 bits per heavy atom. The van der Waals surface area contributed by atoms with Crippen LogP contribution in [-0.4, -0.2) is 4.98 Å². The summed E-state index contributed by atoms with van der Waals surface area (Å²) >= 11 is 10.3. The van der Waals surface area contributed by atoms with Crippen LogP contribution in [0.25, 0.3) is 0 Å². The van der Waals surface area contributed by atoms with Crippen LogP contribution in [-0.2, 0) is 0 Å². The number of anilines is 1. The summed E-state index contributed by atoms with van der Waals surface area (Å²) in [5, 5.41) is 0.570. The van der Waals surface area contributed by atoms with Gasteiger partial charge in [0.1, 0.15) is 4.64 Å². The molecule has 3 N–H and O–H groups in total. The number of pyridine rings is 1. The second-order valence-electron chi connectivity index (χ2n) is 1.60. The molecule has 4 heteroatoms. The first-order chi connectivity index (χ1) is 4.20. The molecule has 0 fully saturated rings. The number of hydrogen-bond acceptors (Lipinski definition) is 2. The fourth-order valence-corrected chi connectivity index (χ4v) is 0.764. The molecule has 48 valence electrons. The minimum Gasteiger partial charge on any atom is -0.396 e. The number of nitrogens with two attached hydrogens (primary N) is 1. The van der Waals surface area contributed by atoms with E-state index in [0.717, 1.165) is 0 Å². The standard InChI is InChI=1S/C5H5ClN2S/c6-3-1-4(7)5(9)8-2-3/h1-2H,7H2,(H,8,9). The first-order valence-corrected chi connectivity index (χ1v) is 3.12. The highest BCUT2D eigenvalue weighted by molar-refractivity contribution is 7.71. The summed E-state index contributed by atoms with van der Waals surface area (Å²) in [6.07, 6.45) is 1.60. The zero-order valence-corrected chi connectivity index (χ0v) is 6.09. The highest BCUT2D eigenvalue weighted by Crippen LogP contribution is 2.10. The number of H-pyrrole nitrogens is 1. The summed E-state index contributed by atoms with van der Waals surface area (Å²) in [6, 6.07) is 1.61. The van der Waals surface area contributed by atoms with Crippen LogP contribution in [0.2, 0.25) is 5.02 Å². The molecule has 0 saturated heterocycles. The number of nitrogen functional groups attached to an aromatic ring is 1. The Kier molecular flexibility index (Phi) is 1.73. The molecule has 0 aliphatic carbocycles. The predicted molar refractivity (Wildman–Crippen MR) is 41.0 cm³/mol. The fraction of sp³-hybridized carbons (Fsp3) is 0. The van der Waals surface area contributed by atoms with E-state index in [1.807, 2.05) is 0 Å². The normalized spacial score (nSPS) is 9.44. The Morgan fingerprint density at radius 2 is 2.33 bits per heavy atom.